The summed E-state index contributed by atoms with van der Waals surface area (Å²) in [6.07, 6.45) is 1.35. The molecule has 0 radical (unpaired) electrons. The number of carbonyl (C=O) groups excluding carboxylic acids is 2. The average Bonchev–Trinajstić information content (AvgIpc) is 2.94. The van der Waals surface area contributed by atoms with Gasteiger partial charge in [-0.2, -0.15) is 0 Å². The van der Waals surface area contributed by atoms with Crippen molar-refractivity contribution in [2.75, 3.05) is 0 Å². The summed E-state index contributed by atoms with van der Waals surface area (Å²) in [6, 6.07) is -0.117. The van der Waals surface area contributed by atoms with Gasteiger partial charge in [0, 0.05) is 24.3 Å². The predicted molar refractivity (Wildman–Crippen MR) is 114 cm³/mol. The van der Waals surface area contributed by atoms with Gasteiger partial charge in [-0.25, -0.2) is 0 Å². The van der Waals surface area contributed by atoms with Crippen molar-refractivity contribution in [3.8, 4) is 0 Å². The number of ketones is 1. The molecule has 2 aliphatic carbocycles. The summed E-state index contributed by atoms with van der Waals surface area (Å²) in [5, 5.41) is 34.3. The van der Waals surface area contributed by atoms with E-state index in [9.17, 15) is 24.9 Å². The summed E-state index contributed by atoms with van der Waals surface area (Å²) < 4.78 is 0. The first kappa shape index (κ1) is 23.2. The summed E-state index contributed by atoms with van der Waals surface area (Å²) in [5.74, 6) is -0.827. The van der Waals surface area contributed by atoms with Crippen molar-refractivity contribution in [3.63, 3.8) is 0 Å². The highest BCUT2D eigenvalue weighted by molar-refractivity contribution is 6.09. The zero-order valence-corrected chi connectivity index (χ0v) is 18.8. The SMILES string of the molecule is CC1=C[C@@H]2/C=C(/C)CC[C@H](O)[C@H](O)[C@H](O)CC(=O)[C@]23C(=O)N[C@H](CC(C)C)[C@@H]3[C@H]1C. The van der Waals surface area contributed by atoms with E-state index in [2.05, 4.69) is 33.0 Å². The third-order valence-electron chi connectivity index (χ3n) is 7.54. The van der Waals surface area contributed by atoms with Gasteiger partial charge in [0.05, 0.1) is 12.2 Å². The normalized spacial score (nSPS) is 44.4. The molecule has 1 spiro atoms. The Balaban J connectivity index is 2.18. The second kappa shape index (κ2) is 8.56. The maximum atomic E-state index is 13.8. The maximum absolute atomic E-state index is 13.8. The Labute approximate surface area is 179 Å². The van der Waals surface area contributed by atoms with Crippen LogP contribution in [0.4, 0.5) is 0 Å². The predicted octanol–water partition coefficient (Wildman–Crippen LogP) is 2.13. The molecule has 1 amide bonds. The number of rotatable bonds is 2. The third-order valence-corrected chi connectivity index (χ3v) is 7.54. The molecule has 168 valence electrons. The Hall–Kier alpha value is -1.50. The second-order valence-electron chi connectivity index (χ2n) is 10.1. The van der Waals surface area contributed by atoms with Crippen molar-refractivity contribution < 1.29 is 24.9 Å². The van der Waals surface area contributed by atoms with Crippen molar-refractivity contribution in [1.29, 1.82) is 0 Å². The molecule has 0 unspecified atom stereocenters. The Kier molecular flexibility index (Phi) is 6.61. The van der Waals surface area contributed by atoms with E-state index in [1.807, 2.05) is 19.1 Å². The third kappa shape index (κ3) is 3.78. The van der Waals surface area contributed by atoms with Crippen molar-refractivity contribution >= 4 is 11.7 Å². The molecular weight excluding hydrogens is 382 g/mol. The standard InChI is InChI=1S/C24H37NO5/c1-12(2)8-17-21-15(5)14(4)10-16-9-13(3)6-7-18(26)22(29)19(27)11-20(28)24(16,21)23(30)25-17/h9-10,12,15-19,21-22,26-27,29H,6-8,11H2,1-5H3,(H,25,30)/b13-9-/t15-,16-,17+,18-,19+,21-,22-,24+/m0/s1. The van der Waals surface area contributed by atoms with Gasteiger partial charge >= 0.3 is 0 Å². The molecule has 8 atom stereocenters. The average molecular weight is 420 g/mol. The summed E-state index contributed by atoms with van der Waals surface area (Å²) >= 11 is 0. The van der Waals surface area contributed by atoms with Crippen LogP contribution in [0.15, 0.2) is 23.3 Å². The van der Waals surface area contributed by atoms with Gasteiger partial charge < -0.3 is 20.6 Å². The van der Waals surface area contributed by atoms with Crippen molar-refractivity contribution in [2.24, 2.45) is 29.1 Å². The molecule has 1 aliphatic heterocycles. The molecule has 0 saturated carbocycles. The van der Waals surface area contributed by atoms with Crippen LogP contribution in [0.2, 0.25) is 0 Å². The molecule has 30 heavy (non-hydrogen) atoms. The van der Waals surface area contributed by atoms with Crippen LogP contribution in [-0.2, 0) is 9.59 Å². The lowest BCUT2D eigenvalue weighted by molar-refractivity contribution is -0.148. The van der Waals surface area contributed by atoms with E-state index in [1.165, 1.54) is 5.57 Å². The van der Waals surface area contributed by atoms with Gasteiger partial charge in [-0.05, 0) is 44.9 Å². The summed E-state index contributed by atoms with van der Waals surface area (Å²) in [6.45, 7) is 10.3. The zero-order valence-electron chi connectivity index (χ0n) is 18.8. The number of Topliss-reactive ketones (excluding diaryl/α,β-unsaturated/α-hetero) is 1. The van der Waals surface area contributed by atoms with E-state index in [0.717, 1.165) is 12.0 Å². The van der Waals surface area contributed by atoms with Crippen LogP contribution in [0.25, 0.3) is 0 Å². The molecule has 3 rings (SSSR count). The lowest BCUT2D eigenvalue weighted by atomic mass is 9.54. The van der Waals surface area contributed by atoms with Crippen molar-refractivity contribution in [3.05, 3.63) is 23.3 Å². The van der Waals surface area contributed by atoms with Gasteiger partial charge in [-0.1, -0.05) is 44.1 Å². The maximum Gasteiger partial charge on any atom is 0.235 e. The quantitative estimate of drug-likeness (QED) is 0.405. The lowest BCUT2D eigenvalue weighted by Crippen LogP contribution is -2.53. The van der Waals surface area contributed by atoms with E-state index < -0.39 is 29.6 Å². The first-order valence-corrected chi connectivity index (χ1v) is 11.2. The number of hydrogen-bond donors (Lipinski definition) is 4. The monoisotopic (exact) mass is 419 g/mol. The molecule has 0 aromatic rings. The molecule has 0 aromatic carbocycles. The van der Waals surface area contributed by atoms with Crippen LogP contribution in [0.5, 0.6) is 0 Å². The molecule has 1 fully saturated rings. The number of amides is 1. The Morgan fingerprint density at radius 3 is 2.43 bits per heavy atom. The van der Waals surface area contributed by atoms with Crippen LogP contribution in [-0.4, -0.2) is 51.4 Å². The topological polar surface area (TPSA) is 107 Å². The second-order valence-corrected chi connectivity index (χ2v) is 10.1. The number of allylic oxidation sites excluding steroid dienone is 4. The van der Waals surface area contributed by atoms with E-state index in [-0.39, 0.29) is 36.0 Å². The highest BCUT2D eigenvalue weighted by atomic mass is 16.4. The molecular formula is C24H37NO5. The van der Waals surface area contributed by atoms with Crippen molar-refractivity contribution in [1.82, 2.24) is 5.32 Å². The largest absolute Gasteiger partial charge is 0.390 e. The summed E-state index contributed by atoms with van der Waals surface area (Å²) in [7, 11) is 0. The van der Waals surface area contributed by atoms with E-state index >= 15 is 0 Å². The minimum atomic E-state index is -1.41. The zero-order chi connectivity index (χ0) is 22.4. The first-order valence-electron chi connectivity index (χ1n) is 11.2. The van der Waals surface area contributed by atoms with Gasteiger partial charge in [-0.15, -0.1) is 0 Å². The Bertz CT molecular complexity index is 757. The number of aliphatic hydroxyl groups excluding tert-OH is 3. The molecule has 0 aromatic heterocycles. The van der Waals surface area contributed by atoms with E-state index in [4.69, 9.17) is 0 Å². The highest BCUT2D eigenvalue weighted by Crippen LogP contribution is 2.55. The summed E-state index contributed by atoms with van der Waals surface area (Å²) in [5.41, 5.74) is 0.834. The fraction of sp³-hybridized carbons (Fsp3) is 0.750. The molecule has 0 bridgehead atoms. The smallest absolute Gasteiger partial charge is 0.235 e. The van der Waals surface area contributed by atoms with Gasteiger partial charge in [0.15, 0.2) is 5.78 Å². The lowest BCUT2D eigenvalue weighted by Gasteiger charge is -2.45. The fourth-order valence-electron chi connectivity index (χ4n) is 5.88. The molecule has 1 heterocycles. The molecule has 6 nitrogen and oxygen atoms in total. The molecule has 4 N–H and O–H groups in total. The number of hydrogen-bond acceptors (Lipinski definition) is 5. The van der Waals surface area contributed by atoms with Crippen LogP contribution < -0.4 is 5.32 Å². The Morgan fingerprint density at radius 1 is 1.13 bits per heavy atom. The van der Waals surface area contributed by atoms with Crippen LogP contribution in [0.3, 0.4) is 0 Å². The minimum Gasteiger partial charge on any atom is -0.390 e. The Morgan fingerprint density at radius 2 is 1.80 bits per heavy atom. The number of nitrogens with one attached hydrogen (secondary N) is 1. The van der Waals surface area contributed by atoms with E-state index in [1.54, 1.807) is 0 Å². The van der Waals surface area contributed by atoms with Crippen LogP contribution in [0.1, 0.15) is 60.3 Å². The number of carbonyl (C=O) groups is 2. The van der Waals surface area contributed by atoms with Gasteiger partial charge in [0.25, 0.3) is 0 Å². The van der Waals surface area contributed by atoms with E-state index in [0.29, 0.717) is 18.8 Å². The molecule has 3 aliphatic rings. The van der Waals surface area contributed by atoms with Crippen LogP contribution in [0, 0.1) is 29.1 Å². The molecule has 1 saturated heterocycles. The summed E-state index contributed by atoms with van der Waals surface area (Å²) in [4.78, 5) is 27.3. The van der Waals surface area contributed by atoms with Crippen molar-refractivity contribution in [2.45, 2.75) is 84.7 Å². The fourth-order valence-corrected chi connectivity index (χ4v) is 5.88. The number of aliphatic hydroxyl groups is 3. The van der Waals surface area contributed by atoms with Gasteiger partial charge in [0.1, 0.15) is 11.5 Å². The molecule has 6 heteroatoms. The minimum absolute atomic E-state index is 0.0411. The highest BCUT2D eigenvalue weighted by Gasteiger charge is 2.65. The van der Waals surface area contributed by atoms with Gasteiger partial charge in [0.2, 0.25) is 5.91 Å². The van der Waals surface area contributed by atoms with Crippen LogP contribution >= 0.6 is 0 Å². The first-order chi connectivity index (χ1) is 14.0. The van der Waals surface area contributed by atoms with Gasteiger partial charge in [-0.3, -0.25) is 9.59 Å².